The summed E-state index contributed by atoms with van der Waals surface area (Å²) in [5.41, 5.74) is -0.242. The number of rotatable bonds is 7. The van der Waals surface area contributed by atoms with E-state index >= 15 is 0 Å². The fourth-order valence-corrected chi connectivity index (χ4v) is 5.25. The zero-order chi connectivity index (χ0) is 25.9. The molecule has 0 radical (unpaired) electrons. The molecule has 0 atom stereocenters. The van der Waals surface area contributed by atoms with E-state index in [1.807, 2.05) is 13.8 Å². The van der Waals surface area contributed by atoms with Gasteiger partial charge in [0.1, 0.15) is 4.32 Å². The molecular weight excluding hydrogens is 569 g/mol. The number of ether oxygens (including phenoxy) is 2. The predicted octanol–water partition coefficient (Wildman–Crippen LogP) is 6.10. The van der Waals surface area contributed by atoms with E-state index in [0.29, 0.717) is 19.3 Å². The molecule has 0 unspecified atom stereocenters. The number of benzene rings is 2. The molecule has 2 aromatic rings. The number of carbonyl (C=O) groups is 2. The maximum absolute atomic E-state index is 12.9. The van der Waals surface area contributed by atoms with E-state index in [9.17, 15) is 22.8 Å². The minimum atomic E-state index is -4.52. The van der Waals surface area contributed by atoms with Crippen molar-refractivity contribution in [2.45, 2.75) is 26.1 Å². The first-order valence-electron chi connectivity index (χ1n) is 10.1. The molecule has 35 heavy (non-hydrogen) atoms. The Balaban J connectivity index is 1.73. The molecule has 0 bridgehead atoms. The molecule has 1 fully saturated rings. The highest BCUT2D eigenvalue weighted by Crippen LogP contribution is 2.39. The van der Waals surface area contributed by atoms with Crippen molar-refractivity contribution in [2.24, 2.45) is 0 Å². The molecular formula is C23H20BrF3N2O4S2. The van der Waals surface area contributed by atoms with Gasteiger partial charge in [-0.1, -0.05) is 30.0 Å². The second-order valence-corrected chi connectivity index (χ2v) is 10.1. The molecule has 0 aliphatic carbocycles. The Hall–Kier alpha value is -2.57. The largest absolute Gasteiger partial charge is 0.493 e. The first-order chi connectivity index (χ1) is 16.4. The van der Waals surface area contributed by atoms with Crippen LogP contribution in [0, 0.1) is 0 Å². The lowest BCUT2D eigenvalue weighted by Gasteiger charge is -2.18. The SMILES string of the molecule is COc1cc(/C=C2\SC(=S)N(C(C)C)C2=O)cc(Br)c1OCC(=O)Nc1cccc(C(F)(F)F)c1. The van der Waals surface area contributed by atoms with Crippen molar-refractivity contribution in [1.29, 1.82) is 0 Å². The van der Waals surface area contributed by atoms with Crippen molar-refractivity contribution in [1.82, 2.24) is 4.90 Å². The molecule has 3 rings (SSSR count). The normalized spacial score (nSPS) is 15.2. The van der Waals surface area contributed by atoms with E-state index < -0.39 is 24.3 Å². The molecule has 0 saturated carbocycles. The fourth-order valence-electron chi connectivity index (χ4n) is 3.15. The number of nitrogens with one attached hydrogen (secondary N) is 1. The van der Waals surface area contributed by atoms with E-state index in [1.54, 1.807) is 23.1 Å². The predicted molar refractivity (Wildman–Crippen MR) is 136 cm³/mol. The van der Waals surface area contributed by atoms with Gasteiger partial charge >= 0.3 is 6.18 Å². The van der Waals surface area contributed by atoms with Gasteiger partial charge in [-0.2, -0.15) is 13.2 Å². The Morgan fingerprint density at radius 3 is 2.60 bits per heavy atom. The number of methoxy groups -OCH3 is 1. The van der Waals surface area contributed by atoms with Crippen LogP contribution in [0.1, 0.15) is 25.0 Å². The number of carbonyl (C=O) groups excluding carboxylic acids is 2. The van der Waals surface area contributed by atoms with Gasteiger partial charge in [-0.25, -0.2) is 0 Å². The third-order valence-electron chi connectivity index (χ3n) is 4.71. The van der Waals surface area contributed by atoms with Gasteiger partial charge in [-0.15, -0.1) is 0 Å². The van der Waals surface area contributed by atoms with E-state index in [1.165, 1.54) is 31.0 Å². The maximum Gasteiger partial charge on any atom is 0.416 e. The van der Waals surface area contributed by atoms with E-state index in [4.69, 9.17) is 21.7 Å². The van der Waals surface area contributed by atoms with Crippen LogP contribution in [-0.2, 0) is 15.8 Å². The van der Waals surface area contributed by atoms with Gasteiger partial charge in [-0.05, 0) is 71.7 Å². The van der Waals surface area contributed by atoms with Crippen molar-refractivity contribution in [3.05, 3.63) is 56.9 Å². The Morgan fingerprint density at radius 2 is 2.00 bits per heavy atom. The van der Waals surface area contributed by atoms with Gasteiger partial charge < -0.3 is 14.8 Å². The third-order valence-corrected chi connectivity index (χ3v) is 6.63. The van der Waals surface area contributed by atoms with Gasteiger partial charge in [0.15, 0.2) is 18.1 Å². The van der Waals surface area contributed by atoms with Crippen LogP contribution in [0.2, 0.25) is 0 Å². The maximum atomic E-state index is 12.9. The first kappa shape index (κ1) is 27.0. The van der Waals surface area contributed by atoms with Gasteiger partial charge in [0, 0.05) is 11.7 Å². The van der Waals surface area contributed by atoms with Crippen LogP contribution in [0.5, 0.6) is 11.5 Å². The monoisotopic (exact) mass is 588 g/mol. The standard InChI is InChI=1S/C23H20BrF3N2O4S2/c1-12(2)29-21(31)18(35-22(29)34)9-13-7-16(24)20(17(8-13)32-3)33-11-19(30)28-15-6-4-5-14(10-15)23(25,26)27/h4-10,12H,11H2,1-3H3,(H,28,30)/b18-9-. The van der Waals surface area contributed by atoms with Crippen LogP contribution < -0.4 is 14.8 Å². The summed E-state index contributed by atoms with van der Waals surface area (Å²) in [4.78, 5) is 26.9. The summed E-state index contributed by atoms with van der Waals surface area (Å²) in [5.74, 6) is -0.327. The average Bonchev–Trinajstić information content (AvgIpc) is 3.05. The van der Waals surface area contributed by atoms with Crippen molar-refractivity contribution < 1.29 is 32.2 Å². The zero-order valence-corrected chi connectivity index (χ0v) is 22.0. The van der Waals surface area contributed by atoms with Gasteiger partial charge in [-0.3, -0.25) is 14.5 Å². The average molecular weight is 589 g/mol. The summed E-state index contributed by atoms with van der Waals surface area (Å²) >= 11 is 9.88. The lowest BCUT2D eigenvalue weighted by Crippen LogP contribution is -2.34. The fraction of sp³-hybridized carbons (Fsp3) is 0.261. The molecule has 2 aromatic carbocycles. The number of amides is 2. The highest BCUT2D eigenvalue weighted by atomic mass is 79.9. The molecule has 1 heterocycles. The molecule has 12 heteroatoms. The molecule has 1 saturated heterocycles. The molecule has 2 amide bonds. The number of halogens is 4. The van der Waals surface area contributed by atoms with Crippen LogP contribution >= 0.6 is 39.9 Å². The molecule has 0 spiro atoms. The van der Waals surface area contributed by atoms with Crippen molar-refractivity contribution in [3.8, 4) is 11.5 Å². The first-order valence-corrected chi connectivity index (χ1v) is 12.2. The number of anilines is 1. The van der Waals surface area contributed by atoms with Crippen molar-refractivity contribution >= 4 is 67.8 Å². The van der Waals surface area contributed by atoms with Crippen molar-refractivity contribution in [3.63, 3.8) is 0 Å². The van der Waals surface area contributed by atoms with Crippen LogP contribution in [-0.4, -0.2) is 40.8 Å². The van der Waals surface area contributed by atoms with Gasteiger partial charge in [0.25, 0.3) is 11.8 Å². The van der Waals surface area contributed by atoms with Crippen LogP contribution in [0.25, 0.3) is 6.08 Å². The number of nitrogens with zero attached hydrogens (tertiary/aromatic N) is 1. The van der Waals surface area contributed by atoms with Crippen LogP contribution in [0.3, 0.4) is 0 Å². The Bertz CT molecular complexity index is 1200. The molecule has 1 aliphatic heterocycles. The molecule has 1 N–H and O–H groups in total. The van der Waals surface area contributed by atoms with Crippen molar-refractivity contribution in [2.75, 3.05) is 19.0 Å². The molecule has 1 aliphatic rings. The summed E-state index contributed by atoms with van der Waals surface area (Å²) < 4.78 is 50.5. The minimum absolute atomic E-state index is 0.00600. The smallest absolute Gasteiger partial charge is 0.416 e. The Morgan fingerprint density at radius 1 is 1.29 bits per heavy atom. The summed E-state index contributed by atoms with van der Waals surface area (Å²) in [6.45, 7) is 3.28. The third kappa shape index (κ3) is 6.56. The number of thiocarbonyl (C=S) groups is 1. The quantitative estimate of drug-likeness (QED) is 0.311. The lowest BCUT2D eigenvalue weighted by atomic mass is 10.1. The van der Waals surface area contributed by atoms with E-state index in [2.05, 4.69) is 21.2 Å². The number of hydrogen-bond donors (Lipinski definition) is 1. The van der Waals surface area contributed by atoms with Crippen LogP contribution in [0.4, 0.5) is 18.9 Å². The highest BCUT2D eigenvalue weighted by Gasteiger charge is 2.34. The number of thioether (sulfide) groups is 1. The second-order valence-electron chi connectivity index (χ2n) is 7.59. The Labute approximate surface area is 218 Å². The van der Waals surface area contributed by atoms with E-state index in [0.717, 1.165) is 12.1 Å². The summed E-state index contributed by atoms with van der Waals surface area (Å²) in [7, 11) is 1.42. The summed E-state index contributed by atoms with van der Waals surface area (Å²) in [5, 5.41) is 2.38. The summed E-state index contributed by atoms with van der Waals surface area (Å²) in [6, 6.07) is 7.55. The Kier molecular flexibility index (Phi) is 8.50. The van der Waals surface area contributed by atoms with Gasteiger partial charge in [0.2, 0.25) is 0 Å². The lowest BCUT2D eigenvalue weighted by molar-refractivity contribution is -0.137. The highest BCUT2D eigenvalue weighted by molar-refractivity contribution is 9.10. The second kappa shape index (κ2) is 11.0. The van der Waals surface area contributed by atoms with E-state index in [-0.39, 0.29) is 29.1 Å². The summed E-state index contributed by atoms with van der Waals surface area (Å²) in [6.07, 6.45) is -2.84. The van der Waals surface area contributed by atoms with Crippen LogP contribution in [0.15, 0.2) is 45.8 Å². The minimum Gasteiger partial charge on any atom is -0.493 e. The molecule has 186 valence electrons. The van der Waals surface area contributed by atoms with Gasteiger partial charge in [0.05, 0.1) is 22.1 Å². The molecule has 0 aromatic heterocycles. The topological polar surface area (TPSA) is 67.9 Å². The number of hydrogen-bond acceptors (Lipinski definition) is 6. The number of alkyl halides is 3. The zero-order valence-electron chi connectivity index (χ0n) is 18.7. The molecule has 6 nitrogen and oxygen atoms in total.